The molecule has 0 aliphatic heterocycles. The van der Waals surface area contributed by atoms with Crippen LogP contribution in [0.3, 0.4) is 0 Å². The molecule has 18 rings (SSSR count). The lowest BCUT2D eigenvalue weighted by Crippen LogP contribution is -2.15. The van der Waals surface area contributed by atoms with Crippen LogP contribution in [0.2, 0.25) is 0 Å². The molecule has 0 saturated carbocycles. The van der Waals surface area contributed by atoms with E-state index in [9.17, 15) is 0 Å². The largest absolute Gasteiger partial charge is 0.456 e. The first kappa shape index (κ1) is 54.4. The van der Waals surface area contributed by atoms with Crippen LogP contribution in [0.15, 0.2) is 288 Å². The second-order valence-corrected chi connectivity index (χ2v) is 24.9. The third kappa shape index (κ3) is 9.13. The molecule has 0 fully saturated rings. The highest BCUT2D eigenvalue weighted by Gasteiger charge is 2.40. The third-order valence-corrected chi connectivity index (χ3v) is 18.7. The Balaban J connectivity index is 0.000000141. The minimum absolute atomic E-state index is 0.172. The SMILES string of the molecule is CC1(C)c2cc(-c3ccc(-c4nc(-c5ccccc5)nc(-c5ccccc5)n4)cc3)ccc2-c2ccc3c(oc4ccccc43)c21.CC1(C)c2cc(-c3cccc(-c4nc(-c5ccccc5)nc(-c5ccccc5)n4)c3)ccc2-c2c1ccc1c2oc2ccccc21. The number of benzene rings is 12. The summed E-state index contributed by atoms with van der Waals surface area (Å²) in [6.07, 6.45) is 0. The molecule has 0 saturated heterocycles. The molecule has 16 aromatic rings. The maximum Gasteiger partial charge on any atom is 0.164 e. The molecular weight excluding hydrogens is 1120 g/mol. The Kier molecular flexibility index (Phi) is 12.7. The summed E-state index contributed by atoms with van der Waals surface area (Å²) >= 11 is 0. The fourth-order valence-electron chi connectivity index (χ4n) is 14.0. The summed E-state index contributed by atoms with van der Waals surface area (Å²) in [5.74, 6) is 3.93. The van der Waals surface area contributed by atoms with E-state index in [1.807, 2.05) is 133 Å². The number of hydrogen-bond donors (Lipinski definition) is 0. The van der Waals surface area contributed by atoms with Gasteiger partial charge >= 0.3 is 0 Å². The first-order chi connectivity index (χ1) is 45.1. The quantitative estimate of drug-likeness (QED) is 0.148. The van der Waals surface area contributed by atoms with Crippen molar-refractivity contribution in [3.8, 4) is 113 Å². The summed E-state index contributed by atoms with van der Waals surface area (Å²) in [4.78, 5) is 29.4. The fourth-order valence-corrected chi connectivity index (χ4v) is 14.0. The van der Waals surface area contributed by atoms with Crippen LogP contribution in [0.4, 0.5) is 0 Å². The molecule has 4 heterocycles. The second kappa shape index (κ2) is 21.5. The van der Waals surface area contributed by atoms with Gasteiger partial charge in [-0.2, -0.15) is 0 Å². The third-order valence-electron chi connectivity index (χ3n) is 18.7. The number of hydrogen-bond acceptors (Lipinski definition) is 8. The van der Waals surface area contributed by atoms with E-state index in [0.717, 1.165) is 88.6 Å². The van der Waals surface area contributed by atoms with Crippen LogP contribution in [0.25, 0.3) is 157 Å². The van der Waals surface area contributed by atoms with E-state index in [4.69, 9.17) is 38.7 Å². The van der Waals surface area contributed by atoms with E-state index >= 15 is 0 Å². The zero-order valence-electron chi connectivity index (χ0n) is 51.1. The highest BCUT2D eigenvalue weighted by molar-refractivity contribution is 6.12. The van der Waals surface area contributed by atoms with Gasteiger partial charge in [-0.3, -0.25) is 0 Å². The molecule has 8 heteroatoms. The number of rotatable bonds is 8. The van der Waals surface area contributed by atoms with Crippen molar-refractivity contribution in [2.75, 3.05) is 0 Å². The molecule has 0 unspecified atom stereocenters. The van der Waals surface area contributed by atoms with Gasteiger partial charge in [0, 0.05) is 76.9 Å². The van der Waals surface area contributed by atoms with Crippen LogP contribution in [0.5, 0.6) is 0 Å². The van der Waals surface area contributed by atoms with Crippen molar-refractivity contribution in [1.29, 1.82) is 0 Å². The van der Waals surface area contributed by atoms with Crippen LogP contribution in [-0.2, 0) is 10.8 Å². The van der Waals surface area contributed by atoms with Crippen LogP contribution < -0.4 is 0 Å². The summed E-state index contributed by atoms with van der Waals surface area (Å²) in [7, 11) is 0. The van der Waals surface area contributed by atoms with Crippen molar-refractivity contribution in [3.63, 3.8) is 0 Å². The lowest BCUT2D eigenvalue weighted by molar-refractivity contribution is 0.620. The van der Waals surface area contributed by atoms with E-state index in [-0.39, 0.29) is 10.8 Å². The maximum atomic E-state index is 6.49. The van der Waals surface area contributed by atoms with Crippen LogP contribution in [0.1, 0.15) is 49.9 Å². The molecule has 92 heavy (non-hydrogen) atoms. The summed E-state index contributed by atoms with van der Waals surface area (Å²) in [6.45, 7) is 9.25. The summed E-state index contributed by atoms with van der Waals surface area (Å²) < 4.78 is 13.0. The van der Waals surface area contributed by atoms with Gasteiger partial charge in [-0.05, 0) is 92.0 Å². The van der Waals surface area contributed by atoms with Gasteiger partial charge in [0.15, 0.2) is 34.9 Å². The smallest absolute Gasteiger partial charge is 0.164 e. The molecule has 0 spiro atoms. The van der Waals surface area contributed by atoms with Gasteiger partial charge in [0.1, 0.15) is 22.3 Å². The van der Waals surface area contributed by atoms with E-state index in [1.165, 1.54) is 55.5 Å². The Morgan fingerprint density at radius 1 is 0.239 bits per heavy atom. The predicted octanol–water partition coefficient (Wildman–Crippen LogP) is 21.5. The Morgan fingerprint density at radius 2 is 0.598 bits per heavy atom. The number of fused-ring (bicyclic) bond motifs is 14. The van der Waals surface area contributed by atoms with Crippen LogP contribution in [0, 0.1) is 0 Å². The molecule has 4 aromatic heterocycles. The molecule has 2 aliphatic carbocycles. The molecule has 0 atom stereocenters. The van der Waals surface area contributed by atoms with E-state index in [0.29, 0.717) is 34.9 Å². The fraction of sp³-hybridized carbons (Fsp3) is 0.0714. The average molecular weight is 1180 g/mol. The molecule has 0 amide bonds. The number of furan rings is 2. The summed E-state index contributed by atoms with van der Waals surface area (Å²) in [5, 5.41) is 4.66. The highest BCUT2D eigenvalue weighted by atomic mass is 16.3. The van der Waals surface area contributed by atoms with Crippen LogP contribution in [-0.4, -0.2) is 29.9 Å². The summed E-state index contributed by atoms with van der Waals surface area (Å²) in [6, 6.07) is 96.7. The average Bonchev–Trinajstić information content (AvgIpc) is 1.56. The van der Waals surface area contributed by atoms with Crippen molar-refractivity contribution >= 4 is 43.9 Å². The first-order valence-electron chi connectivity index (χ1n) is 31.2. The van der Waals surface area contributed by atoms with Crippen molar-refractivity contribution in [1.82, 2.24) is 29.9 Å². The lowest BCUT2D eigenvalue weighted by Gasteiger charge is -2.22. The maximum absolute atomic E-state index is 6.49. The second-order valence-electron chi connectivity index (χ2n) is 24.9. The van der Waals surface area contributed by atoms with E-state index in [1.54, 1.807) is 0 Å². The van der Waals surface area contributed by atoms with Gasteiger partial charge in [-0.25, -0.2) is 29.9 Å². The van der Waals surface area contributed by atoms with Gasteiger partial charge < -0.3 is 8.83 Å². The minimum Gasteiger partial charge on any atom is -0.456 e. The zero-order valence-corrected chi connectivity index (χ0v) is 51.1. The van der Waals surface area contributed by atoms with Gasteiger partial charge in [-0.1, -0.05) is 270 Å². The van der Waals surface area contributed by atoms with Crippen molar-refractivity contribution in [2.24, 2.45) is 0 Å². The number of para-hydroxylation sites is 2. The molecule has 0 N–H and O–H groups in total. The number of aromatic nitrogens is 6. The van der Waals surface area contributed by atoms with Crippen molar-refractivity contribution in [2.45, 2.75) is 38.5 Å². The first-order valence-corrected chi connectivity index (χ1v) is 31.2. The highest BCUT2D eigenvalue weighted by Crippen LogP contribution is 2.55. The Bertz CT molecular complexity index is 5450. The summed E-state index contributed by atoms with van der Waals surface area (Å²) in [5.41, 5.74) is 23.9. The Morgan fingerprint density at radius 3 is 1.13 bits per heavy atom. The standard InChI is InChI=1S/2C42H29N3O/c1-42(2)34-23-22-32-31-18-9-10-19-36(31)46-38(32)37(34)33-21-20-29(25-35(33)42)28-16-11-17-30(24-28)41-44-39(26-12-5-3-6-13-26)43-40(45-41)27-14-7-4-8-15-27;1-42(2)35-25-30(21-22-31(35)33-23-24-34-32-15-9-10-16-36(32)46-38(34)37(33)42)26-17-19-29(20-18-26)41-44-39(27-11-5-3-6-12-27)43-40(45-41)28-13-7-4-8-14-28/h2*3-25H,1-2H3. The number of nitrogens with zero attached hydrogens (tertiary/aromatic N) is 6. The monoisotopic (exact) mass is 1180 g/mol. The molecule has 12 aromatic carbocycles. The Labute approximate surface area is 532 Å². The van der Waals surface area contributed by atoms with Crippen molar-refractivity contribution in [3.05, 3.63) is 301 Å². The predicted molar refractivity (Wildman–Crippen MR) is 373 cm³/mol. The molecule has 0 radical (unpaired) electrons. The molecular formula is C84H58N6O2. The minimum atomic E-state index is -0.208. The molecule has 0 bridgehead atoms. The van der Waals surface area contributed by atoms with Gasteiger partial charge in [0.2, 0.25) is 0 Å². The van der Waals surface area contributed by atoms with Crippen molar-refractivity contribution < 1.29 is 8.83 Å². The van der Waals surface area contributed by atoms with Gasteiger partial charge in [0.05, 0.1) is 0 Å². The Hall–Kier alpha value is -11.7. The normalized spacial score (nSPS) is 13.2. The van der Waals surface area contributed by atoms with Gasteiger partial charge in [0.25, 0.3) is 0 Å². The molecule has 436 valence electrons. The topological polar surface area (TPSA) is 104 Å². The zero-order chi connectivity index (χ0) is 61.7. The van der Waals surface area contributed by atoms with E-state index in [2.05, 4.69) is 173 Å². The van der Waals surface area contributed by atoms with E-state index < -0.39 is 0 Å². The lowest BCUT2D eigenvalue weighted by atomic mass is 9.81. The van der Waals surface area contributed by atoms with Gasteiger partial charge in [-0.15, -0.1) is 0 Å². The van der Waals surface area contributed by atoms with Crippen LogP contribution >= 0.6 is 0 Å². The molecule has 2 aliphatic rings. The molecule has 8 nitrogen and oxygen atoms in total.